The third kappa shape index (κ3) is 3.73. The van der Waals surface area contributed by atoms with Crippen molar-refractivity contribution < 1.29 is 5.11 Å². The van der Waals surface area contributed by atoms with E-state index in [-0.39, 0.29) is 6.10 Å². The SMILES string of the molecule is CC(O)CN1CCN(CC#N)CC1. The van der Waals surface area contributed by atoms with Gasteiger partial charge in [-0.3, -0.25) is 9.80 Å². The van der Waals surface area contributed by atoms with Crippen molar-refractivity contribution >= 4 is 0 Å². The van der Waals surface area contributed by atoms with Crippen LogP contribution in [0.2, 0.25) is 0 Å². The highest BCUT2D eigenvalue weighted by molar-refractivity contribution is 4.81. The molecule has 1 rings (SSSR count). The van der Waals surface area contributed by atoms with Gasteiger partial charge in [0.25, 0.3) is 0 Å². The van der Waals surface area contributed by atoms with E-state index in [9.17, 15) is 0 Å². The van der Waals surface area contributed by atoms with Crippen LogP contribution in [0.25, 0.3) is 0 Å². The van der Waals surface area contributed by atoms with Crippen LogP contribution in [0.3, 0.4) is 0 Å². The third-order valence-corrected chi connectivity index (χ3v) is 2.28. The Labute approximate surface area is 79.4 Å². The molecular formula is C9H17N3O. The molecule has 0 aromatic rings. The molecule has 1 N–H and O–H groups in total. The second-order valence-corrected chi connectivity index (χ2v) is 3.58. The average Bonchev–Trinajstić information content (AvgIpc) is 2.08. The predicted octanol–water partition coefficient (Wildman–Crippen LogP) is -0.492. The Balaban J connectivity index is 2.19. The zero-order chi connectivity index (χ0) is 9.68. The minimum atomic E-state index is -0.248. The fraction of sp³-hybridized carbons (Fsp3) is 0.889. The average molecular weight is 183 g/mol. The number of nitriles is 1. The second-order valence-electron chi connectivity index (χ2n) is 3.58. The summed E-state index contributed by atoms with van der Waals surface area (Å²) in [5.41, 5.74) is 0. The van der Waals surface area contributed by atoms with E-state index < -0.39 is 0 Å². The van der Waals surface area contributed by atoms with Crippen LogP contribution in [0.1, 0.15) is 6.92 Å². The molecule has 13 heavy (non-hydrogen) atoms. The van der Waals surface area contributed by atoms with Crippen LogP contribution >= 0.6 is 0 Å². The summed E-state index contributed by atoms with van der Waals surface area (Å²) < 4.78 is 0. The molecule has 1 heterocycles. The van der Waals surface area contributed by atoms with Gasteiger partial charge in [-0.2, -0.15) is 5.26 Å². The molecule has 1 saturated heterocycles. The fourth-order valence-electron chi connectivity index (χ4n) is 1.60. The molecule has 0 aromatic heterocycles. The molecule has 0 saturated carbocycles. The summed E-state index contributed by atoms with van der Waals surface area (Å²) >= 11 is 0. The van der Waals surface area contributed by atoms with Crippen molar-refractivity contribution in [1.29, 1.82) is 5.26 Å². The normalized spacial score (nSPS) is 22.5. The summed E-state index contributed by atoms with van der Waals surface area (Å²) in [4.78, 5) is 4.37. The van der Waals surface area contributed by atoms with Gasteiger partial charge in [0, 0.05) is 32.7 Å². The molecule has 1 fully saturated rings. The lowest BCUT2D eigenvalue weighted by molar-refractivity contribution is 0.0856. The summed E-state index contributed by atoms with van der Waals surface area (Å²) in [5, 5.41) is 17.7. The molecule has 1 unspecified atom stereocenters. The number of aliphatic hydroxyl groups excluding tert-OH is 1. The third-order valence-electron chi connectivity index (χ3n) is 2.28. The maximum absolute atomic E-state index is 9.17. The van der Waals surface area contributed by atoms with E-state index in [1.807, 2.05) is 6.92 Å². The van der Waals surface area contributed by atoms with Crippen molar-refractivity contribution in [3.05, 3.63) is 0 Å². The van der Waals surface area contributed by atoms with Crippen LogP contribution in [0.15, 0.2) is 0 Å². The lowest BCUT2D eigenvalue weighted by Gasteiger charge is -2.33. The van der Waals surface area contributed by atoms with Gasteiger partial charge in [0.05, 0.1) is 18.7 Å². The van der Waals surface area contributed by atoms with Crippen LogP contribution in [-0.4, -0.2) is 60.3 Å². The van der Waals surface area contributed by atoms with Crippen LogP contribution < -0.4 is 0 Å². The molecule has 74 valence electrons. The number of nitrogens with zero attached hydrogens (tertiary/aromatic N) is 3. The Kier molecular flexibility index (Phi) is 4.16. The van der Waals surface area contributed by atoms with Crippen molar-refractivity contribution in [2.24, 2.45) is 0 Å². The highest BCUT2D eigenvalue weighted by Crippen LogP contribution is 2.01. The molecule has 0 aromatic carbocycles. The van der Waals surface area contributed by atoms with Gasteiger partial charge in [-0.05, 0) is 6.92 Å². The molecule has 4 heteroatoms. The van der Waals surface area contributed by atoms with E-state index in [2.05, 4.69) is 15.9 Å². The first kappa shape index (κ1) is 10.5. The summed E-state index contributed by atoms with van der Waals surface area (Å²) in [6.45, 7) is 6.91. The van der Waals surface area contributed by atoms with E-state index in [0.717, 1.165) is 32.7 Å². The molecule has 0 spiro atoms. The highest BCUT2D eigenvalue weighted by atomic mass is 16.3. The minimum Gasteiger partial charge on any atom is -0.392 e. The van der Waals surface area contributed by atoms with E-state index in [4.69, 9.17) is 10.4 Å². The quantitative estimate of drug-likeness (QED) is 0.600. The van der Waals surface area contributed by atoms with Crippen molar-refractivity contribution in [3.8, 4) is 6.07 Å². The first-order chi connectivity index (χ1) is 6.22. The van der Waals surface area contributed by atoms with Gasteiger partial charge in [0.1, 0.15) is 0 Å². The Bertz CT molecular complexity index is 180. The van der Waals surface area contributed by atoms with Gasteiger partial charge in [0.2, 0.25) is 0 Å². The number of hydrogen-bond donors (Lipinski definition) is 1. The zero-order valence-corrected chi connectivity index (χ0v) is 8.11. The maximum Gasteiger partial charge on any atom is 0.0866 e. The molecule has 0 radical (unpaired) electrons. The van der Waals surface area contributed by atoms with Gasteiger partial charge < -0.3 is 5.11 Å². The summed E-state index contributed by atoms with van der Waals surface area (Å²) in [5.74, 6) is 0. The fourth-order valence-corrected chi connectivity index (χ4v) is 1.60. The van der Waals surface area contributed by atoms with Crippen molar-refractivity contribution in [3.63, 3.8) is 0 Å². The Morgan fingerprint density at radius 1 is 1.31 bits per heavy atom. The van der Waals surface area contributed by atoms with Crippen molar-refractivity contribution in [2.75, 3.05) is 39.3 Å². The summed E-state index contributed by atoms with van der Waals surface area (Å²) in [6, 6.07) is 2.15. The molecule has 1 aliphatic rings. The molecular weight excluding hydrogens is 166 g/mol. The molecule has 0 aliphatic carbocycles. The van der Waals surface area contributed by atoms with Gasteiger partial charge in [0.15, 0.2) is 0 Å². The van der Waals surface area contributed by atoms with E-state index in [1.54, 1.807) is 0 Å². The van der Waals surface area contributed by atoms with Crippen LogP contribution in [0.5, 0.6) is 0 Å². The van der Waals surface area contributed by atoms with Gasteiger partial charge >= 0.3 is 0 Å². The molecule has 0 amide bonds. The summed E-state index contributed by atoms with van der Waals surface area (Å²) in [6.07, 6.45) is -0.248. The van der Waals surface area contributed by atoms with Crippen LogP contribution in [0.4, 0.5) is 0 Å². The van der Waals surface area contributed by atoms with E-state index in [1.165, 1.54) is 0 Å². The van der Waals surface area contributed by atoms with Gasteiger partial charge in [-0.1, -0.05) is 0 Å². The predicted molar refractivity (Wildman–Crippen MR) is 50.2 cm³/mol. The number of hydrogen-bond acceptors (Lipinski definition) is 4. The maximum atomic E-state index is 9.17. The molecule has 4 nitrogen and oxygen atoms in total. The topological polar surface area (TPSA) is 50.5 Å². The smallest absolute Gasteiger partial charge is 0.0866 e. The van der Waals surface area contributed by atoms with Gasteiger partial charge in [-0.25, -0.2) is 0 Å². The van der Waals surface area contributed by atoms with Gasteiger partial charge in [-0.15, -0.1) is 0 Å². The first-order valence-electron chi connectivity index (χ1n) is 4.72. The lowest BCUT2D eigenvalue weighted by Crippen LogP contribution is -2.48. The first-order valence-corrected chi connectivity index (χ1v) is 4.72. The Morgan fingerprint density at radius 2 is 1.85 bits per heavy atom. The standard InChI is InChI=1S/C9H17N3O/c1-9(13)8-12-6-4-11(3-2-10)5-7-12/h9,13H,3-8H2,1H3. The summed E-state index contributed by atoms with van der Waals surface area (Å²) in [7, 11) is 0. The van der Waals surface area contributed by atoms with E-state index >= 15 is 0 Å². The largest absolute Gasteiger partial charge is 0.392 e. The molecule has 1 aliphatic heterocycles. The van der Waals surface area contributed by atoms with Crippen molar-refractivity contribution in [1.82, 2.24) is 9.80 Å². The second kappa shape index (κ2) is 5.18. The van der Waals surface area contributed by atoms with Crippen molar-refractivity contribution in [2.45, 2.75) is 13.0 Å². The Morgan fingerprint density at radius 3 is 2.31 bits per heavy atom. The zero-order valence-electron chi connectivity index (χ0n) is 8.11. The number of rotatable bonds is 3. The Hall–Kier alpha value is -0.630. The number of aliphatic hydroxyl groups is 1. The lowest BCUT2D eigenvalue weighted by atomic mass is 10.3. The highest BCUT2D eigenvalue weighted by Gasteiger charge is 2.16. The van der Waals surface area contributed by atoms with Crippen LogP contribution in [-0.2, 0) is 0 Å². The number of β-amino-alcohol motifs (C(OH)–C–C–N with tert-alkyl or cyclic N) is 1. The van der Waals surface area contributed by atoms with E-state index in [0.29, 0.717) is 6.54 Å². The molecule has 1 atom stereocenters. The van der Waals surface area contributed by atoms with Crippen LogP contribution in [0, 0.1) is 11.3 Å². The number of piperazine rings is 1. The minimum absolute atomic E-state index is 0.248. The monoisotopic (exact) mass is 183 g/mol. The molecule has 0 bridgehead atoms.